The van der Waals surface area contributed by atoms with E-state index in [0.29, 0.717) is 24.5 Å². The maximum atomic E-state index is 11.8. The normalized spacial score (nSPS) is 18.8. The van der Waals surface area contributed by atoms with Crippen molar-refractivity contribution in [2.24, 2.45) is 0 Å². The van der Waals surface area contributed by atoms with Gasteiger partial charge in [0.15, 0.2) is 6.04 Å². The number of anilines is 1. The second-order valence-corrected chi connectivity index (χ2v) is 4.27. The summed E-state index contributed by atoms with van der Waals surface area (Å²) in [5.41, 5.74) is 1.27. The number of rotatable bonds is 2. The number of hydrogen-bond acceptors (Lipinski definition) is 6. The van der Waals surface area contributed by atoms with E-state index < -0.39 is 6.04 Å². The Hall–Kier alpha value is -2.13. The number of aromatic nitrogens is 1. The highest BCUT2D eigenvalue weighted by molar-refractivity contribution is 5.80. The molecule has 1 aliphatic rings. The number of esters is 1. The second kappa shape index (κ2) is 5.67. The molecular weight excluding hydrogens is 246 g/mol. The van der Waals surface area contributed by atoms with E-state index in [1.807, 2.05) is 11.8 Å². The van der Waals surface area contributed by atoms with Crippen LogP contribution in [0.5, 0.6) is 0 Å². The third-order valence-electron chi connectivity index (χ3n) is 2.96. The van der Waals surface area contributed by atoms with Gasteiger partial charge in [0.05, 0.1) is 32.0 Å². The van der Waals surface area contributed by atoms with E-state index in [0.717, 1.165) is 5.69 Å². The fourth-order valence-electron chi connectivity index (χ4n) is 2.07. The van der Waals surface area contributed by atoms with Crippen molar-refractivity contribution in [3.8, 4) is 6.07 Å². The minimum Gasteiger partial charge on any atom is -0.467 e. The van der Waals surface area contributed by atoms with Gasteiger partial charge in [-0.2, -0.15) is 5.26 Å². The van der Waals surface area contributed by atoms with Crippen molar-refractivity contribution < 1.29 is 14.3 Å². The lowest BCUT2D eigenvalue weighted by atomic mass is 10.2. The fraction of sp³-hybridized carbons (Fsp3) is 0.462. The zero-order valence-corrected chi connectivity index (χ0v) is 10.9. The summed E-state index contributed by atoms with van der Waals surface area (Å²) in [7, 11) is 1.35. The second-order valence-electron chi connectivity index (χ2n) is 4.27. The molecule has 1 aromatic rings. The first-order valence-electron chi connectivity index (χ1n) is 5.96. The number of hydrogen-bond donors (Lipinski definition) is 0. The standard InChI is InChI=1S/C13H15N3O3/c1-9-5-10(7-14)6-12(15-9)16-3-4-19-8-11(16)13(17)18-2/h5-6,11H,3-4,8H2,1-2H3. The molecule has 19 heavy (non-hydrogen) atoms. The van der Waals surface area contributed by atoms with Crippen molar-refractivity contribution in [2.75, 3.05) is 31.8 Å². The van der Waals surface area contributed by atoms with Gasteiger partial charge in [-0.3, -0.25) is 0 Å². The van der Waals surface area contributed by atoms with Gasteiger partial charge in [-0.25, -0.2) is 9.78 Å². The van der Waals surface area contributed by atoms with E-state index in [1.165, 1.54) is 7.11 Å². The van der Waals surface area contributed by atoms with Crippen LogP contribution in [0.4, 0.5) is 5.82 Å². The van der Waals surface area contributed by atoms with Crippen LogP contribution in [0, 0.1) is 18.3 Å². The molecule has 0 aliphatic carbocycles. The van der Waals surface area contributed by atoms with Gasteiger partial charge in [0, 0.05) is 12.2 Å². The fourth-order valence-corrected chi connectivity index (χ4v) is 2.07. The Kier molecular flexibility index (Phi) is 3.97. The Labute approximate surface area is 111 Å². The lowest BCUT2D eigenvalue weighted by molar-refractivity contribution is -0.144. The number of morpholine rings is 1. The molecule has 0 N–H and O–H groups in total. The van der Waals surface area contributed by atoms with Crippen LogP contribution in [0.3, 0.4) is 0 Å². The van der Waals surface area contributed by atoms with Crippen molar-refractivity contribution in [1.82, 2.24) is 4.98 Å². The molecule has 1 unspecified atom stereocenters. The van der Waals surface area contributed by atoms with Crippen molar-refractivity contribution in [3.05, 3.63) is 23.4 Å². The van der Waals surface area contributed by atoms with E-state index >= 15 is 0 Å². The number of ether oxygens (including phenoxy) is 2. The van der Waals surface area contributed by atoms with Crippen LogP contribution < -0.4 is 4.90 Å². The molecule has 1 aromatic heterocycles. The van der Waals surface area contributed by atoms with Crippen LogP contribution in [0.25, 0.3) is 0 Å². The average molecular weight is 261 g/mol. The van der Waals surface area contributed by atoms with Gasteiger partial charge in [0.1, 0.15) is 5.82 Å². The molecule has 6 nitrogen and oxygen atoms in total. The molecule has 100 valence electrons. The quantitative estimate of drug-likeness (QED) is 0.727. The Morgan fingerprint density at radius 2 is 2.42 bits per heavy atom. The summed E-state index contributed by atoms with van der Waals surface area (Å²) in [4.78, 5) is 18.0. The van der Waals surface area contributed by atoms with E-state index in [2.05, 4.69) is 11.1 Å². The highest BCUT2D eigenvalue weighted by atomic mass is 16.5. The molecule has 1 aliphatic heterocycles. The Balaban J connectivity index is 2.35. The van der Waals surface area contributed by atoms with Crippen molar-refractivity contribution in [2.45, 2.75) is 13.0 Å². The van der Waals surface area contributed by atoms with Crippen LogP contribution in [-0.4, -0.2) is 43.9 Å². The molecule has 2 heterocycles. The first kappa shape index (κ1) is 13.3. The molecule has 0 saturated carbocycles. The third kappa shape index (κ3) is 2.83. The Bertz CT molecular complexity index is 524. The molecular formula is C13H15N3O3. The topological polar surface area (TPSA) is 75.5 Å². The monoisotopic (exact) mass is 261 g/mol. The van der Waals surface area contributed by atoms with Crippen molar-refractivity contribution in [1.29, 1.82) is 5.26 Å². The van der Waals surface area contributed by atoms with Gasteiger partial charge in [0.25, 0.3) is 0 Å². The molecule has 2 rings (SSSR count). The largest absolute Gasteiger partial charge is 0.467 e. The molecule has 1 saturated heterocycles. The summed E-state index contributed by atoms with van der Waals surface area (Å²) in [6, 6.07) is 4.96. The van der Waals surface area contributed by atoms with E-state index in [4.69, 9.17) is 14.7 Å². The van der Waals surface area contributed by atoms with E-state index in [9.17, 15) is 4.79 Å². The minimum atomic E-state index is -0.514. The van der Waals surface area contributed by atoms with Crippen molar-refractivity contribution in [3.63, 3.8) is 0 Å². The zero-order valence-electron chi connectivity index (χ0n) is 10.9. The predicted molar refractivity (Wildman–Crippen MR) is 67.7 cm³/mol. The van der Waals surface area contributed by atoms with Gasteiger partial charge in [-0.05, 0) is 19.1 Å². The summed E-state index contributed by atoms with van der Waals surface area (Å²) in [5.74, 6) is 0.247. The molecule has 0 radical (unpaired) electrons. The summed E-state index contributed by atoms with van der Waals surface area (Å²) in [6.07, 6.45) is 0. The van der Waals surface area contributed by atoms with Gasteiger partial charge in [-0.1, -0.05) is 0 Å². The number of pyridine rings is 1. The van der Waals surface area contributed by atoms with E-state index in [1.54, 1.807) is 12.1 Å². The Morgan fingerprint density at radius 3 is 3.11 bits per heavy atom. The van der Waals surface area contributed by atoms with Crippen molar-refractivity contribution >= 4 is 11.8 Å². The lowest BCUT2D eigenvalue weighted by Gasteiger charge is -2.34. The maximum Gasteiger partial charge on any atom is 0.330 e. The predicted octanol–water partition coefficient (Wildman–Crippen LogP) is 0.640. The summed E-state index contributed by atoms with van der Waals surface area (Å²) >= 11 is 0. The molecule has 1 fully saturated rings. The smallest absolute Gasteiger partial charge is 0.330 e. The number of nitriles is 1. The van der Waals surface area contributed by atoms with Gasteiger partial charge < -0.3 is 14.4 Å². The van der Waals surface area contributed by atoms with Crippen LogP contribution >= 0.6 is 0 Å². The third-order valence-corrected chi connectivity index (χ3v) is 2.96. The number of nitrogens with zero attached hydrogens (tertiary/aromatic N) is 3. The average Bonchev–Trinajstić information content (AvgIpc) is 2.45. The molecule has 6 heteroatoms. The highest BCUT2D eigenvalue weighted by Crippen LogP contribution is 2.20. The zero-order chi connectivity index (χ0) is 13.8. The van der Waals surface area contributed by atoms with Gasteiger partial charge in [-0.15, -0.1) is 0 Å². The minimum absolute atomic E-state index is 0.268. The summed E-state index contributed by atoms with van der Waals surface area (Å²) < 4.78 is 10.1. The van der Waals surface area contributed by atoms with Crippen LogP contribution in [0.1, 0.15) is 11.3 Å². The Morgan fingerprint density at radius 1 is 1.63 bits per heavy atom. The SMILES string of the molecule is COC(=O)C1COCCN1c1cc(C#N)cc(C)n1. The van der Waals surface area contributed by atoms with Crippen LogP contribution in [-0.2, 0) is 14.3 Å². The summed E-state index contributed by atoms with van der Waals surface area (Å²) in [6.45, 7) is 3.15. The molecule has 0 bridgehead atoms. The highest BCUT2D eigenvalue weighted by Gasteiger charge is 2.31. The summed E-state index contributed by atoms with van der Waals surface area (Å²) in [5, 5.41) is 8.99. The van der Waals surface area contributed by atoms with E-state index in [-0.39, 0.29) is 12.6 Å². The van der Waals surface area contributed by atoms with Gasteiger partial charge in [0.2, 0.25) is 0 Å². The van der Waals surface area contributed by atoms with Crippen LogP contribution in [0.2, 0.25) is 0 Å². The molecule has 0 aromatic carbocycles. The molecule has 0 spiro atoms. The first-order valence-corrected chi connectivity index (χ1v) is 5.96. The number of aryl methyl sites for hydroxylation is 1. The first-order chi connectivity index (χ1) is 9.15. The number of carbonyl (C=O) groups excluding carboxylic acids is 1. The maximum absolute atomic E-state index is 11.8. The van der Waals surface area contributed by atoms with Gasteiger partial charge >= 0.3 is 5.97 Å². The number of carbonyl (C=O) groups is 1. The molecule has 0 amide bonds. The lowest BCUT2D eigenvalue weighted by Crippen LogP contribution is -2.51. The van der Waals surface area contributed by atoms with Crippen LogP contribution in [0.15, 0.2) is 12.1 Å². The number of methoxy groups -OCH3 is 1. The molecule has 1 atom stereocenters.